The van der Waals surface area contributed by atoms with Gasteiger partial charge in [0.2, 0.25) is 0 Å². The summed E-state index contributed by atoms with van der Waals surface area (Å²) >= 11 is 0. The molecule has 2 aromatic carbocycles. The van der Waals surface area contributed by atoms with E-state index in [4.69, 9.17) is 14.2 Å². The van der Waals surface area contributed by atoms with E-state index in [1.807, 2.05) is 12.2 Å². The van der Waals surface area contributed by atoms with Crippen LogP contribution in [0.1, 0.15) is 30.1 Å². The summed E-state index contributed by atoms with van der Waals surface area (Å²) in [5, 5.41) is 2.03. The Kier molecular flexibility index (Phi) is 7.74. The number of hydrogen-bond acceptors (Lipinski definition) is 5. The van der Waals surface area contributed by atoms with Crippen molar-refractivity contribution in [3.63, 3.8) is 0 Å². The van der Waals surface area contributed by atoms with Gasteiger partial charge < -0.3 is 19.5 Å². The van der Waals surface area contributed by atoms with Gasteiger partial charge in [0.05, 0.1) is 19.3 Å². The van der Waals surface area contributed by atoms with E-state index >= 15 is 0 Å². The van der Waals surface area contributed by atoms with Crippen LogP contribution in [0.2, 0.25) is 0 Å². The summed E-state index contributed by atoms with van der Waals surface area (Å²) in [5.74, 6) is -2.68. The fourth-order valence-electron chi connectivity index (χ4n) is 2.25. The van der Waals surface area contributed by atoms with Gasteiger partial charge in [-0.05, 0) is 36.8 Å². The number of amides is 1. The Hall–Kier alpha value is -3.16. The minimum Gasteiger partial charge on any atom is -0.493 e. The molecule has 0 aromatic heterocycles. The number of hydrogen-bond donors (Lipinski definition) is 1. The largest absolute Gasteiger partial charge is 0.493 e. The summed E-state index contributed by atoms with van der Waals surface area (Å²) in [7, 11) is 1.44. The van der Waals surface area contributed by atoms with Gasteiger partial charge in [-0.2, -0.15) is 0 Å². The fraction of sp³-hybridized carbons (Fsp3) is 0.300. The molecule has 0 unspecified atom stereocenters. The predicted octanol–water partition coefficient (Wildman–Crippen LogP) is 3.95. The van der Waals surface area contributed by atoms with E-state index in [9.17, 15) is 18.4 Å². The second kappa shape index (κ2) is 10.2. The van der Waals surface area contributed by atoms with Crippen molar-refractivity contribution in [3.05, 3.63) is 53.6 Å². The lowest BCUT2D eigenvalue weighted by atomic mass is 10.2. The Morgan fingerprint density at radius 2 is 1.79 bits per heavy atom. The summed E-state index contributed by atoms with van der Waals surface area (Å²) in [4.78, 5) is 23.9. The molecule has 6 nitrogen and oxygen atoms in total. The first-order valence-corrected chi connectivity index (χ1v) is 8.68. The third kappa shape index (κ3) is 5.67. The van der Waals surface area contributed by atoms with Crippen LogP contribution in [-0.2, 0) is 9.53 Å². The second-order valence-electron chi connectivity index (χ2n) is 5.79. The van der Waals surface area contributed by atoms with Crippen molar-refractivity contribution in [2.45, 2.75) is 19.8 Å². The zero-order valence-corrected chi connectivity index (χ0v) is 15.6. The summed E-state index contributed by atoms with van der Waals surface area (Å²) in [6.07, 6.45) is 1.86. The lowest BCUT2D eigenvalue weighted by Crippen LogP contribution is -2.22. The number of benzene rings is 2. The SMILES string of the molecule is CCCCOc1ccc(C(=O)OCC(=O)Nc2c(F)cccc2F)cc1OC. The normalized spacial score (nSPS) is 10.3. The van der Waals surface area contributed by atoms with Crippen molar-refractivity contribution in [1.29, 1.82) is 0 Å². The number of unbranched alkanes of at least 4 members (excludes halogenated alkanes) is 1. The Bertz CT molecular complexity index is 821. The van der Waals surface area contributed by atoms with E-state index < -0.39 is 35.8 Å². The molecule has 0 radical (unpaired) electrons. The minimum atomic E-state index is -0.928. The molecule has 1 N–H and O–H groups in total. The van der Waals surface area contributed by atoms with E-state index in [-0.39, 0.29) is 5.56 Å². The first-order chi connectivity index (χ1) is 13.5. The van der Waals surface area contributed by atoms with Crippen molar-refractivity contribution < 1.29 is 32.6 Å². The molecule has 28 heavy (non-hydrogen) atoms. The summed E-state index contributed by atoms with van der Waals surface area (Å²) in [6.45, 7) is 1.85. The van der Waals surface area contributed by atoms with Crippen molar-refractivity contribution in [1.82, 2.24) is 0 Å². The first kappa shape index (κ1) is 21.1. The van der Waals surface area contributed by atoms with Gasteiger partial charge in [-0.3, -0.25) is 4.79 Å². The van der Waals surface area contributed by atoms with Crippen LogP contribution in [0.3, 0.4) is 0 Å². The number of anilines is 1. The maximum absolute atomic E-state index is 13.5. The second-order valence-corrected chi connectivity index (χ2v) is 5.79. The van der Waals surface area contributed by atoms with Gasteiger partial charge in [0, 0.05) is 0 Å². The molecule has 0 fully saturated rings. The van der Waals surface area contributed by atoms with Crippen molar-refractivity contribution >= 4 is 17.6 Å². The molecule has 1 amide bonds. The Morgan fingerprint density at radius 3 is 2.43 bits per heavy atom. The van der Waals surface area contributed by atoms with Gasteiger partial charge in [-0.25, -0.2) is 13.6 Å². The van der Waals surface area contributed by atoms with Crippen molar-refractivity contribution in [3.8, 4) is 11.5 Å². The van der Waals surface area contributed by atoms with Crippen molar-refractivity contribution in [2.75, 3.05) is 25.6 Å². The van der Waals surface area contributed by atoms with Crippen LogP contribution < -0.4 is 14.8 Å². The predicted molar refractivity (Wildman–Crippen MR) is 98.7 cm³/mol. The lowest BCUT2D eigenvalue weighted by molar-refractivity contribution is -0.119. The Labute approximate surface area is 161 Å². The molecule has 150 valence electrons. The highest BCUT2D eigenvalue weighted by Gasteiger charge is 2.16. The number of nitrogens with one attached hydrogen (secondary N) is 1. The maximum Gasteiger partial charge on any atom is 0.338 e. The number of carbonyl (C=O) groups is 2. The lowest BCUT2D eigenvalue weighted by Gasteiger charge is -2.12. The summed E-state index contributed by atoms with van der Waals surface area (Å²) in [6, 6.07) is 7.64. The van der Waals surface area contributed by atoms with Crippen LogP contribution in [0.5, 0.6) is 11.5 Å². The molecule has 0 spiro atoms. The molecule has 2 rings (SSSR count). The number of ether oxygens (including phenoxy) is 3. The van der Waals surface area contributed by atoms with Crippen LogP contribution in [-0.4, -0.2) is 32.2 Å². The molecule has 0 heterocycles. The summed E-state index contributed by atoms with van der Waals surface area (Å²) < 4.78 is 42.7. The number of rotatable bonds is 9. The van der Waals surface area contributed by atoms with E-state index in [1.54, 1.807) is 6.07 Å². The molecule has 0 atom stereocenters. The van der Waals surface area contributed by atoms with E-state index in [0.717, 1.165) is 25.0 Å². The van der Waals surface area contributed by atoms with Gasteiger partial charge in [0.15, 0.2) is 18.1 Å². The molecule has 0 saturated heterocycles. The Morgan fingerprint density at radius 1 is 1.07 bits per heavy atom. The number of carbonyl (C=O) groups excluding carboxylic acids is 2. The maximum atomic E-state index is 13.5. The van der Waals surface area contributed by atoms with E-state index in [0.29, 0.717) is 18.1 Å². The fourth-order valence-corrected chi connectivity index (χ4v) is 2.25. The molecule has 0 aliphatic carbocycles. The van der Waals surface area contributed by atoms with Crippen LogP contribution in [0.4, 0.5) is 14.5 Å². The highest BCUT2D eigenvalue weighted by atomic mass is 19.1. The molecule has 2 aromatic rings. The van der Waals surface area contributed by atoms with Gasteiger partial charge >= 0.3 is 5.97 Å². The topological polar surface area (TPSA) is 73.9 Å². The highest BCUT2D eigenvalue weighted by Crippen LogP contribution is 2.28. The molecule has 0 aliphatic heterocycles. The van der Waals surface area contributed by atoms with Gasteiger partial charge in [0.25, 0.3) is 5.91 Å². The third-order valence-corrected chi connectivity index (χ3v) is 3.72. The van der Waals surface area contributed by atoms with E-state index in [1.165, 1.54) is 25.3 Å². The average Bonchev–Trinajstić information content (AvgIpc) is 2.69. The zero-order valence-electron chi connectivity index (χ0n) is 15.6. The minimum absolute atomic E-state index is 0.143. The van der Waals surface area contributed by atoms with Crippen LogP contribution in [0, 0.1) is 11.6 Å². The van der Waals surface area contributed by atoms with Crippen LogP contribution in [0.25, 0.3) is 0 Å². The average molecular weight is 393 g/mol. The van der Waals surface area contributed by atoms with E-state index in [2.05, 4.69) is 0 Å². The third-order valence-electron chi connectivity index (χ3n) is 3.72. The van der Waals surface area contributed by atoms with Gasteiger partial charge in [-0.15, -0.1) is 0 Å². The number of para-hydroxylation sites is 1. The molecule has 0 bridgehead atoms. The van der Waals surface area contributed by atoms with Crippen molar-refractivity contribution in [2.24, 2.45) is 0 Å². The van der Waals surface area contributed by atoms with Gasteiger partial charge in [0.1, 0.15) is 17.3 Å². The smallest absolute Gasteiger partial charge is 0.338 e. The zero-order chi connectivity index (χ0) is 20.5. The monoisotopic (exact) mass is 393 g/mol. The quantitative estimate of drug-likeness (QED) is 0.516. The molecule has 0 aliphatic rings. The molecular formula is C20H21F2NO5. The number of halogens is 2. The molecule has 0 saturated carbocycles. The number of methoxy groups -OCH3 is 1. The first-order valence-electron chi connectivity index (χ1n) is 8.68. The van der Waals surface area contributed by atoms with Crippen LogP contribution in [0.15, 0.2) is 36.4 Å². The number of esters is 1. The van der Waals surface area contributed by atoms with Crippen LogP contribution >= 0.6 is 0 Å². The molecule has 8 heteroatoms. The molecular weight excluding hydrogens is 372 g/mol. The highest BCUT2D eigenvalue weighted by molar-refractivity contribution is 5.95. The van der Waals surface area contributed by atoms with Gasteiger partial charge in [-0.1, -0.05) is 19.4 Å². The standard InChI is InChI=1S/C20H21F2NO5/c1-3-4-10-27-16-9-8-13(11-17(16)26-2)20(25)28-12-18(24)23-19-14(21)6-5-7-15(19)22/h5-9,11H,3-4,10,12H2,1-2H3,(H,23,24). The summed E-state index contributed by atoms with van der Waals surface area (Å²) in [5.41, 5.74) is -0.455. The Balaban J connectivity index is 1.96.